The van der Waals surface area contributed by atoms with E-state index in [4.69, 9.17) is 4.74 Å². The van der Waals surface area contributed by atoms with E-state index >= 15 is 0 Å². The molecule has 0 bridgehead atoms. The fourth-order valence-corrected chi connectivity index (χ4v) is 5.46. The summed E-state index contributed by atoms with van der Waals surface area (Å²) in [6.45, 7) is 6.24. The molecule has 0 N–H and O–H groups in total. The van der Waals surface area contributed by atoms with Crippen molar-refractivity contribution in [3.05, 3.63) is 29.8 Å². The number of sulfonamides is 1. The molecular formula is C21H32N2O4S. The van der Waals surface area contributed by atoms with Crippen LogP contribution in [0.2, 0.25) is 0 Å². The maximum Gasteiger partial charge on any atom is 0.243 e. The van der Waals surface area contributed by atoms with Gasteiger partial charge in [0.05, 0.1) is 11.5 Å². The van der Waals surface area contributed by atoms with E-state index in [1.54, 1.807) is 16.4 Å². The molecule has 0 aromatic heterocycles. The quantitative estimate of drug-likeness (QED) is 0.663. The molecular weight excluding hydrogens is 376 g/mol. The van der Waals surface area contributed by atoms with Crippen molar-refractivity contribution in [3.63, 3.8) is 0 Å². The monoisotopic (exact) mass is 408 g/mol. The van der Waals surface area contributed by atoms with Crippen LogP contribution < -0.4 is 0 Å². The maximum atomic E-state index is 12.7. The molecule has 3 rings (SSSR count). The third-order valence-electron chi connectivity index (χ3n) is 5.74. The number of ether oxygens (including phenoxy) is 1. The molecule has 2 saturated heterocycles. The number of carbonyl (C=O) groups excluding carboxylic acids is 1. The largest absolute Gasteiger partial charge is 0.381 e. The van der Waals surface area contributed by atoms with Crippen molar-refractivity contribution >= 4 is 15.9 Å². The van der Waals surface area contributed by atoms with E-state index in [2.05, 4.69) is 0 Å². The molecule has 7 heteroatoms. The zero-order valence-corrected chi connectivity index (χ0v) is 17.6. The molecule has 2 fully saturated rings. The van der Waals surface area contributed by atoms with Gasteiger partial charge >= 0.3 is 0 Å². The molecule has 0 aliphatic carbocycles. The number of nitrogens with zero attached hydrogens (tertiary/aromatic N) is 2. The van der Waals surface area contributed by atoms with E-state index in [-0.39, 0.29) is 5.91 Å². The fraction of sp³-hybridized carbons (Fsp3) is 0.667. The van der Waals surface area contributed by atoms with E-state index in [0.717, 1.165) is 51.0 Å². The normalized spacial score (nSPS) is 21.0. The van der Waals surface area contributed by atoms with E-state index in [1.165, 1.54) is 0 Å². The van der Waals surface area contributed by atoms with Gasteiger partial charge in [0.25, 0.3) is 0 Å². The predicted molar refractivity (Wildman–Crippen MR) is 109 cm³/mol. The molecule has 2 heterocycles. The molecule has 1 atom stereocenters. The van der Waals surface area contributed by atoms with E-state index in [9.17, 15) is 13.2 Å². The number of rotatable bonds is 8. The second-order valence-corrected chi connectivity index (χ2v) is 9.71. The summed E-state index contributed by atoms with van der Waals surface area (Å²) >= 11 is 0. The minimum atomic E-state index is -3.39. The first-order valence-corrected chi connectivity index (χ1v) is 11.9. The van der Waals surface area contributed by atoms with Gasteiger partial charge in [0.2, 0.25) is 15.9 Å². The van der Waals surface area contributed by atoms with Crippen LogP contribution in [0.3, 0.4) is 0 Å². The van der Waals surface area contributed by atoms with Crippen molar-refractivity contribution < 1.29 is 17.9 Å². The average molecular weight is 409 g/mol. The highest BCUT2D eigenvalue weighted by Crippen LogP contribution is 2.21. The first-order valence-electron chi connectivity index (χ1n) is 10.5. The number of aryl methyl sites for hydroxylation is 1. The highest BCUT2D eigenvalue weighted by Gasteiger charge is 2.26. The zero-order chi connectivity index (χ0) is 20.0. The van der Waals surface area contributed by atoms with Crippen LogP contribution in [0.25, 0.3) is 0 Å². The molecule has 156 valence electrons. The van der Waals surface area contributed by atoms with Crippen molar-refractivity contribution in [2.45, 2.75) is 50.3 Å². The standard InChI is InChI=1S/C21H32N2O4S/c1-2-22(16-19-12-15-27-17-19)21(24)11-8-18-6-9-20(10-7-18)28(25,26)23-13-4-3-5-14-23/h6-7,9-10,19H,2-5,8,11-17H2,1H3. The molecule has 1 aromatic rings. The van der Waals surface area contributed by atoms with Crippen LogP contribution in [0, 0.1) is 5.92 Å². The van der Waals surface area contributed by atoms with Crippen LogP contribution >= 0.6 is 0 Å². The third kappa shape index (κ3) is 5.33. The molecule has 0 radical (unpaired) electrons. The maximum absolute atomic E-state index is 12.7. The first-order chi connectivity index (χ1) is 13.5. The van der Waals surface area contributed by atoms with Gasteiger partial charge in [-0.2, -0.15) is 4.31 Å². The van der Waals surface area contributed by atoms with Crippen LogP contribution in [0.4, 0.5) is 0 Å². The minimum Gasteiger partial charge on any atom is -0.381 e. The Balaban J connectivity index is 1.54. The molecule has 28 heavy (non-hydrogen) atoms. The molecule has 2 aliphatic heterocycles. The van der Waals surface area contributed by atoms with E-state index in [0.29, 0.717) is 43.3 Å². The van der Waals surface area contributed by atoms with Crippen LogP contribution in [-0.2, 0) is 26.0 Å². The summed E-state index contributed by atoms with van der Waals surface area (Å²) in [7, 11) is -3.39. The van der Waals surface area contributed by atoms with Crippen molar-refractivity contribution in [1.82, 2.24) is 9.21 Å². The summed E-state index contributed by atoms with van der Waals surface area (Å²) in [6.07, 6.45) is 5.05. The SMILES string of the molecule is CCN(CC1CCOC1)C(=O)CCc1ccc(S(=O)(=O)N2CCCCC2)cc1. The molecule has 1 amide bonds. The molecule has 0 saturated carbocycles. The lowest BCUT2D eigenvalue weighted by Gasteiger charge is -2.26. The van der Waals surface area contributed by atoms with Crippen LogP contribution in [-0.4, -0.2) is 62.9 Å². The first kappa shape index (κ1) is 21.3. The fourth-order valence-electron chi connectivity index (χ4n) is 3.94. The highest BCUT2D eigenvalue weighted by atomic mass is 32.2. The van der Waals surface area contributed by atoms with Crippen molar-refractivity contribution in [2.24, 2.45) is 5.92 Å². The van der Waals surface area contributed by atoms with Gasteiger partial charge in [0, 0.05) is 45.1 Å². The van der Waals surface area contributed by atoms with Gasteiger partial charge in [-0.05, 0) is 50.3 Å². The van der Waals surface area contributed by atoms with Crippen molar-refractivity contribution in [2.75, 3.05) is 39.4 Å². The van der Waals surface area contributed by atoms with E-state index < -0.39 is 10.0 Å². The second-order valence-electron chi connectivity index (χ2n) is 7.77. The Morgan fingerprint density at radius 2 is 1.89 bits per heavy atom. The van der Waals surface area contributed by atoms with Crippen LogP contribution in [0.1, 0.15) is 44.6 Å². The lowest BCUT2D eigenvalue weighted by molar-refractivity contribution is -0.131. The van der Waals surface area contributed by atoms with E-state index in [1.807, 2.05) is 24.0 Å². The van der Waals surface area contributed by atoms with Gasteiger partial charge in [-0.1, -0.05) is 18.6 Å². The summed E-state index contributed by atoms with van der Waals surface area (Å²) in [6, 6.07) is 7.03. The Labute approximate surface area is 168 Å². The number of amides is 1. The topological polar surface area (TPSA) is 66.9 Å². The Morgan fingerprint density at radius 1 is 1.18 bits per heavy atom. The number of hydrogen-bond acceptors (Lipinski definition) is 4. The van der Waals surface area contributed by atoms with Gasteiger partial charge in [0.1, 0.15) is 0 Å². The Kier molecular flexibility index (Phi) is 7.48. The Morgan fingerprint density at radius 3 is 2.50 bits per heavy atom. The molecule has 1 aromatic carbocycles. The summed E-state index contributed by atoms with van der Waals surface area (Å²) in [5.74, 6) is 0.600. The number of hydrogen-bond donors (Lipinski definition) is 0. The van der Waals surface area contributed by atoms with Gasteiger partial charge in [0.15, 0.2) is 0 Å². The molecule has 1 unspecified atom stereocenters. The zero-order valence-electron chi connectivity index (χ0n) is 16.8. The molecule has 2 aliphatic rings. The summed E-state index contributed by atoms with van der Waals surface area (Å²) in [5, 5.41) is 0. The molecule has 0 spiro atoms. The van der Waals surface area contributed by atoms with Gasteiger partial charge in [-0.25, -0.2) is 8.42 Å². The predicted octanol–water partition coefficient (Wildman–Crippen LogP) is 2.68. The van der Waals surface area contributed by atoms with Crippen LogP contribution in [0.15, 0.2) is 29.2 Å². The van der Waals surface area contributed by atoms with Gasteiger partial charge in [-0.3, -0.25) is 4.79 Å². The molecule has 6 nitrogen and oxygen atoms in total. The van der Waals surface area contributed by atoms with Crippen molar-refractivity contribution in [1.29, 1.82) is 0 Å². The lowest BCUT2D eigenvalue weighted by Crippen LogP contribution is -2.35. The highest BCUT2D eigenvalue weighted by molar-refractivity contribution is 7.89. The number of benzene rings is 1. The number of carbonyl (C=O) groups is 1. The lowest BCUT2D eigenvalue weighted by atomic mass is 10.1. The Bertz CT molecular complexity index is 736. The Hall–Kier alpha value is -1.44. The second kappa shape index (κ2) is 9.85. The van der Waals surface area contributed by atoms with Crippen LogP contribution in [0.5, 0.6) is 0 Å². The summed E-state index contributed by atoms with van der Waals surface area (Å²) in [4.78, 5) is 14.8. The third-order valence-corrected chi connectivity index (χ3v) is 7.65. The smallest absolute Gasteiger partial charge is 0.243 e. The van der Waals surface area contributed by atoms with Gasteiger partial charge in [-0.15, -0.1) is 0 Å². The summed E-state index contributed by atoms with van der Waals surface area (Å²) in [5.41, 5.74) is 0.992. The van der Waals surface area contributed by atoms with Gasteiger partial charge < -0.3 is 9.64 Å². The minimum absolute atomic E-state index is 0.152. The van der Waals surface area contributed by atoms with Crippen molar-refractivity contribution in [3.8, 4) is 0 Å². The number of piperidine rings is 1. The average Bonchev–Trinajstić information content (AvgIpc) is 3.24. The summed E-state index contributed by atoms with van der Waals surface area (Å²) < 4.78 is 32.4.